The first-order valence-electron chi connectivity index (χ1n) is 9.81. The molecule has 0 aliphatic heterocycles. The van der Waals surface area contributed by atoms with Gasteiger partial charge in [0.25, 0.3) is 0 Å². The molecule has 2 atom stereocenters. The molecule has 1 unspecified atom stereocenters. The SMILES string of the molecule is CSc1ccc(-c2ccc(C(N(CC#N)[C@@H](CC(C)C)C(N)=O)C(F)(F)F)cc2)cc1. The van der Waals surface area contributed by atoms with Crippen LogP contribution in [0.15, 0.2) is 53.4 Å². The van der Waals surface area contributed by atoms with Crippen molar-refractivity contribution in [2.45, 2.75) is 43.4 Å². The van der Waals surface area contributed by atoms with Gasteiger partial charge in [-0.05, 0) is 47.4 Å². The molecule has 2 N–H and O–H groups in total. The Morgan fingerprint density at radius 1 is 1.10 bits per heavy atom. The number of alkyl halides is 3. The lowest BCUT2D eigenvalue weighted by molar-refractivity contribution is -0.192. The maximum absolute atomic E-state index is 14.1. The van der Waals surface area contributed by atoms with Crippen LogP contribution in [0.25, 0.3) is 11.1 Å². The average Bonchev–Trinajstić information content (AvgIpc) is 2.71. The molecule has 0 saturated carbocycles. The van der Waals surface area contributed by atoms with Gasteiger partial charge in [-0.15, -0.1) is 11.8 Å². The highest BCUT2D eigenvalue weighted by atomic mass is 32.2. The van der Waals surface area contributed by atoms with Crippen LogP contribution in [0.3, 0.4) is 0 Å². The zero-order valence-corrected chi connectivity index (χ0v) is 18.5. The van der Waals surface area contributed by atoms with Crippen LogP contribution < -0.4 is 5.73 Å². The number of benzene rings is 2. The smallest absolute Gasteiger partial charge is 0.368 e. The van der Waals surface area contributed by atoms with Gasteiger partial charge in [0, 0.05) is 4.90 Å². The zero-order valence-electron chi connectivity index (χ0n) is 17.7. The number of carbonyl (C=O) groups excluding carboxylic acids is 1. The molecule has 31 heavy (non-hydrogen) atoms. The van der Waals surface area contributed by atoms with Gasteiger partial charge in [0.15, 0.2) is 0 Å². The normalized spacial score (nSPS) is 13.8. The lowest BCUT2D eigenvalue weighted by atomic mass is 9.95. The summed E-state index contributed by atoms with van der Waals surface area (Å²) in [5.41, 5.74) is 7.06. The minimum absolute atomic E-state index is 0.0396. The molecule has 166 valence electrons. The van der Waals surface area contributed by atoms with Gasteiger partial charge in [0.2, 0.25) is 5.91 Å². The van der Waals surface area contributed by atoms with Gasteiger partial charge < -0.3 is 5.73 Å². The first-order valence-corrected chi connectivity index (χ1v) is 11.0. The molecule has 0 aliphatic carbocycles. The van der Waals surface area contributed by atoms with Gasteiger partial charge in [-0.25, -0.2) is 0 Å². The quantitative estimate of drug-likeness (QED) is 0.411. The van der Waals surface area contributed by atoms with E-state index in [1.807, 2.05) is 30.5 Å². The van der Waals surface area contributed by atoms with Gasteiger partial charge in [-0.1, -0.05) is 50.2 Å². The molecular formula is C23H26F3N3OS. The number of nitrogens with zero attached hydrogens (tertiary/aromatic N) is 2. The Balaban J connectivity index is 2.46. The molecule has 0 radical (unpaired) electrons. The lowest BCUT2D eigenvalue weighted by Gasteiger charge is -2.37. The van der Waals surface area contributed by atoms with Crippen molar-refractivity contribution in [1.82, 2.24) is 4.90 Å². The predicted molar refractivity (Wildman–Crippen MR) is 117 cm³/mol. The van der Waals surface area contributed by atoms with Gasteiger partial charge in [0.1, 0.15) is 6.04 Å². The van der Waals surface area contributed by atoms with E-state index in [1.54, 1.807) is 43.8 Å². The molecule has 0 saturated heterocycles. The molecule has 0 heterocycles. The van der Waals surface area contributed by atoms with Gasteiger partial charge >= 0.3 is 6.18 Å². The number of nitriles is 1. The first kappa shape index (κ1) is 24.8. The largest absolute Gasteiger partial charge is 0.408 e. The van der Waals surface area contributed by atoms with Crippen LogP contribution >= 0.6 is 11.8 Å². The van der Waals surface area contributed by atoms with Crippen molar-refractivity contribution in [3.05, 3.63) is 54.1 Å². The van der Waals surface area contributed by atoms with E-state index in [9.17, 15) is 23.2 Å². The summed E-state index contributed by atoms with van der Waals surface area (Å²) in [7, 11) is 0. The standard InChI is InChI=1S/C23H26F3N3OS/c1-15(2)14-20(22(28)30)29(13-12-27)21(23(24,25)26)18-6-4-16(5-7-18)17-8-10-19(31-3)11-9-17/h4-11,15,20-21H,13-14H2,1-3H3,(H2,28,30)/t20-,21?/m0/s1. The minimum Gasteiger partial charge on any atom is -0.368 e. The van der Waals surface area contributed by atoms with Crippen LogP contribution in [0.4, 0.5) is 13.2 Å². The predicted octanol–water partition coefficient (Wildman–Crippen LogP) is 5.40. The van der Waals surface area contributed by atoms with Crippen molar-refractivity contribution >= 4 is 17.7 Å². The van der Waals surface area contributed by atoms with Crippen molar-refractivity contribution in [2.24, 2.45) is 11.7 Å². The third-order valence-corrected chi connectivity index (χ3v) is 5.71. The summed E-state index contributed by atoms with van der Waals surface area (Å²) in [5, 5.41) is 9.19. The molecule has 0 bridgehead atoms. The van der Waals surface area contributed by atoms with Crippen molar-refractivity contribution in [2.75, 3.05) is 12.8 Å². The number of rotatable bonds is 9. The lowest BCUT2D eigenvalue weighted by Crippen LogP contribution is -2.51. The van der Waals surface area contributed by atoms with Crippen molar-refractivity contribution in [3.63, 3.8) is 0 Å². The molecular weight excluding hydrogens is 423 g/mol. The summed E-state index contributed by atoms with van der Waals surface area (Å²) in [4.78, 5) is 14.0. The van der Waals surface area contributed by atoms with E-state index in [-0.39, 0.29) is 17.9 Å². The van der Waals surface area contributed by atoms with Gasteiger partial charge in [-0.2, -0.15) is 18.4 Å². The van der Waals surface area contributed by atoms with E-state index in [4.69, 9.17) is 5.73 Å². The van der Waals surface area contributed by atoms with Crippen LogP contribution in [0.5, 0.6) is 0 Å². The summed E-state index contributed by atoms with van der Waals surface area (Å²) in [6, 6.07) is 12.2. The van der Waals surface area contributed by atoms with E-state index in [0.717, 1.165) is 20.9 Å². The Morgan fingerprint density at radius 2 is 1.61 bits per heavy atom. The zero-order chi connectivity index (χ0) is 23.2. The van der Waals surface area contributed by atoms with Crippen LogP contribution in [0.1, 0.15) is 31.9 Å². The third-order valence-electron chi connectivity index (χ3n) is 4.97. The Bertz CT molecular complexity index is 906. The Morgan fingerprint density at radius 3 is 2.00 bits per heavy atom. The molecule has 4 nitrogen and oxygen atoms in total. The molecule has 0 spiro atoms. The maximum Gasteiger partial charge on any atom is 0.408 e. The molecule has 2 aromatic rings. The van der Waals surface area contributed by atoms with Crippen LogP contribution in [-0.2, 0) is 4.79 Å². The topological polar surface area (TPSA) is 70.1 Å². The van der Waals surface area contributed by atoms with Crippen molar-refractivity contribution < 1.29 is 18.0 Å². The summed E-state index contributed by atoms with van der Waals surface area (Å²) in [5.74, 6) is -0.942. The summed E-state index contributed by atoms with van der Waals surface area (Å²) < 4.78 is 42.4. The minimum atomic E-state index is -4.69. The highest BCUT2D eigenvalue weighted by Crippen LogP contribution is 2.40. The van der Waals surface area contributed by atoms with Crippen LogP contribution in [0.2, 0.25) is 0 Å². The van der Waals surface area contributed by atoms with Crippen LogP contribution in [-0.4, -0.2) is 35.8 Å². The monoisotopic (exact) mass is 449 g/mol. The average molecular weight is 450 g/mol. The summed E-state index contributed by atoms with van der Waals surface area (Å²) in [6.07, 6.45) is -2.60. The summed E-state index contributed by atoms with van der Waals surface area (Å²) >= 11 is 1.60. The van der Waals surface area contributed by atoms with Gasteiger partial charge in [0.05, 0.1) is 18.7 Å². The highest BCUT2D eigenvalue weighted by molar-refractivity contribution is 7.98. The fourth-order valence-electron chi connectivity index (χ4n) is 3.53. The van der Waals surface area contributed by atoms with Crippen molar-refractivity contribution in [3.8, 4) is 17.2 Å². The van der Waals surface area contributed by atoms with E-state index in [0.29, 0.717) is 0 Å². The van der Waals surface area contributed by atoms with E-state index in [2.05, 4.69) is 0 Å². The first-order chi connectivity index (χ1) is 14.6. The van der Waals surface area contributed by atoms with E-state index in [1.165, 1.54) is 12.1 Å². The number of carbonyl (C=O) groups is 1. The number of thioether (sulfide) groups is 1. The summed E-state index contributed by atoms with van der Waals surface area (Å²) in [6.45, 7) is 3.02. The molecule has 0 fully saturated rings. The van der Waals surface area contributed by atoms with Gasteiger partial charge in [-0.3, -0.25) is 9.69 Å². The number of nitrogens with two attached hydrogens (primary N) is 1. The fraction of sp³-hybridized carbons (Fsp3) is 0.391. The molecule has 2 aromatic carbocycles. The molecule has 1 amide bonds. The third kappa shape index (κ3) is 6.49. The Hall–Kier alpha value is -2.50. The molecule has 2 rings (SSSR count). The number of halogens is 3. The fourth-order valence-corrected chi connectivity index (χ4v) is 3.94. The number of hydrogen-bond donors (Lipinski definition) is 1. The second-order valence-electron chi connectivity index (χ2n) is 7.67. The Labute approximate surface area is 185 Å². The second kappa shape index (κ2) is 10.7. The van der Waals surface area contributed by atoms with Crippen molar-refractivity contribution in [1.29, 1.82) is 5.26 Å². The number of hydrogen-bond acceptors (Lipinski definition) is 4. The maximum atomic E-state index is 14.1. The van der Waals surface area contributed by atoms with Crippen LogP contribution in [0, 0.1) is 17.2 Å². The molecule has 0 aromatic heterocycles. The molecule has 8 heteroatoms. The molecule has 0 aliphatic rings. The number of amides is 1. The van der Waals surface area contributed by atoms with E-state index < -0.39 is 30.7 Å². The number of primary amides is 1. The van der Waals surface area contributed by atoms with E-state index >= 15 is 0 Å². The Kier molecular flexibility index (Phi) is 8.54. The second-order valence-corrected chi connectivity index (χ2v) is 8.55. The highest BCUT2D eigenvalue weighted by Gasteiger charge is 2.47.